The zero-order valence-corrected chi connectivity index (χ0v) is 29.1. The van der Waals surface area contributed by atoms with Gasteiger partial charge in [0.1, 0.15) is 47.7 Å². The van der Waals surface area contributed by atoms with Gasteiger partial charge in [-0.1, -0.05) is 6.07 Å². The summed E-state index contributed by atoms with van der Waals surface area (Å²) in [6.07, 6.45) is 2.05. The Morgan fingerprint density at radius 2 is 1.50 bits per heavy atom. The van der Waals surface area contributed by atoms with Crippen molar-refractivity contribution < 1.29 is 37.4 Å². The molecule has 0 saturated carbocycles. The molecule has 2 atom stereocenters. The van der Waals surface area contributed by atoms with Crippen molar-refractivity contribution in [2.75, 3.05) is 60.6 Å². The number of amides is 4. The maximum absolute atomic E-state index is 14.9. The number of hydrogen-bond donors (Lipinski definition) is 0. The molecule has 272 valence electrons. The minimum atomic E-state index is -1.33. The Labute approximate surface area is 299 Å². The van der Waals surface area contributed by atoms with Gasteiger partial charge in [0, 0.05) is 55.7 Å². The first kappa shape index (κ1) is 35.0. The van der Waals surface area contributed by atoms with E-state index in [0.717, 1.165) is 53.4 Å². The van der Waals surface area contributed by atoms with Gasteiger partial charge >= 0.3 is 6.03 Å². The average Bonchev–Trinajstić information content (AvgIpc) is 3.81. The van der Waals surface area contributed by atoms with Crippen LogP contribution in [0.3, 0.4) is 0 Å². The molecule has 4 amide bonds. The first-order valence-electron chi connectivity index (χ1n) is 17.1. The zero-order valence-electron chi connectivity index (χ0n) is 29.1. The first-order valence-corrected chi connectivity index (χ1v) is 17.1. The molecule has 0 bridgehead atoms. The summed E-state index contributed by atoms with van der Waals surface area (Å²) >= 11 is 0. The number of urea groups is 1. The van der Waals surface area contributed by atoms with Gasteiger partial charge in [-0.3, -0.25) is 14.5 Å². The highest BCUT2D eigenvalue weighted by Gasteiger charge is 2.51. The third-order valence-electron chi connectivity index (χ3n) is 9.76. The highest BCUT2D eigenvalue weighted by atomic mass is 19.1. The molecule has 13 nitrogen and oxygen atoms in total. The van der Waals surface area contributed by atoms with Gasteiger partial charge in [-0.05, 0) is 75.4 Å². The van der Waals surface area contributed by atoms with Crippen LogP contribution in [0.1, 0.15) is 26.3 Å². The summed E-state index contributed by atoms with van der Waals surface area (Å²) in [6.45, 7) is 8.20. The largest absolute Gasteiger partial charge is 0.488 e. The number of hydrogen-bond acceptors (Lipinski definition) is 10. The molecule has 0 radical (unpaired) electrons. The SMILES string of the molecule is CCN1C(=O)N(c2ccc(N3CCN(c4ccc(OC[C@H]5OC[C@](Cn6cncn6)(c6ccc(F)cc6F)O5)cc4)CC3)cc2)C(=O)C(C)(C)C1=O. The van der Waals surface area contributed by atoms with Crippen molar-refractivity contribution in [2.24, 2.45) is 5.41 Å². The van der Waals surface area contributed by atoms with Crippen molar-refractivity contribution in [1.82, 2.24) is 19.7 Å². The van der Waals surface area contributed by atoms with Crippen LogP contribution in [-0.4, -0.2) is 89.7 Å². The van der Waals surface area contributed by atoms with Gasteiger partial charge in [-0.2, -0.15) is 5.10 Å². The van der Waals surface area contributed by atoms with Gasteiger partial charge in [0.2, 0.25) is 11.8 Å². The highest BCUT2D eigenvalue weighted by Crippen LogP contribution is 2.38. The lowest BCUT2D eigenvalue weighted by molar-refractivity contribution is -0.147. The topological polar surface area (TPSA) is 123 Å². The molecule has 0 N–H and O–H groups in total. The first-order chi connectivity index (χ1) is 25.0. The van der Waals surface area contributed by atoms with Crippen LogP contribution in [0.15, 0.2) is 79.4 Å². The summed E-state index contributed by atoms with van der Waals surface area (Å²) in [4.78, 5) is 49.5. The summed E-state index contributed by atoms with van der Waals surface area (Å²) in [6, 6.07) is 17.7. The van der Waals surface area contributed by atoms with Crippen molar-refractivity contribution in [2.45, 2.75) is 39.2 Å². The lowest BCUT2D eigenvalue weighted by Crippen LogP contribution is -2.63. The number of aromatic nitrogens is 3. The van der Waals surface area contributed by atoms with Gasteiger partial charge in [0.25, 0.3) is 0 Å². The van der Waals surface area contributed by atoms with E-state index in [1.54, 1.807) is 32.9 Å². The van der Waals surface area contributed by atoms with Crippen LogP contribution >= 0.6 is 0 Å². The van der Waals surface area contributed by atoms with E-state index in [-0.39, 0.29) is 31.9 Å². The van der Waals surface area contributed by atoms with Crippen LogP contribution in [0.2, 0.25) is 0 Å². The highest BCUT2D eigenvalue weighted by molar-refractivity contribution is 6.29. The lowest BCUT2D eigenvalue weighted by Gasteiger charge is -2.40. The van der Waals surface area contributed by atoms with Crippen molar-refractivity contribution >= 4 is 34.9 Å². The molecule has 0 aliphatic carbocycles. The van der Waals surface area contributed by atoms with E-state index in [0.29, 0.717) is 11.4 Å². The average molecular weight is 716 g/mol. The number of carbonyl (C=O) groups excluding carboxylic acids is 3. The fourth-order valence-electron chi connectivity index (χ4n) is 6.84. The van der Waals surface area contributed by atoms with Crippen molar-refractivity contribution in [3.8, 4) is 5.75 Å². The summed E-state index contributed by atoms with van der Waals surface area (Å²) < 4.78 is 48.2. The molecule has 1 aromatic heterocycles. The second-order valence-electron chi connectivity index (χ2n) is 13.5. The third kappa shape index (κ3) is 6.57. The minimum absolute atomic E-state index is 0.00843. The van der Waals surface area contributed by atoms with E-state index in [1.165, 1.54) is 29.5 Å². The Hall–Kier alpha value is -5.41. The molecule has 52 heavy (non-hydrogen) atoms. The molecule has 0 spiro atoms. The van der Waals surface area contributed by atoms with E-state index < -0.39 is 46.8 Å². The van der Waals surface area contributed by atoms with Gasteiger partial charge in [-0.25, -0.2) is 28.1 Å². The van der Waals surface area contributed by atoms with E-state index in [1.807, 2.05) is 36.4 Å². The molecule has 3 aliphatic heterocycles. The molecule has 15 heteroatoms. The smallest absolute Gasteiger partial charge is 0.338 e. The Kier molecular flexibility index (Phi) is 9.40. The second-order valence-corrected chi connectivity index (χ2v) is 13.5. The van der Waals surface area contributed by atoms with E-state index in [2.05, 4.69) is 19.9 Å². The number of anilines is 3. The maximum atomic E-state index is 14.9. The standard InChI is InChI=1S/C37H39F2N7O6/c1-4-45-33(47)36(2,3)34(48)46(35(45)49)28-8-6-26(7-9-28)42-15-17-43(18-16-42)27-10-12-29(13-11-27)50-20-32-51-22-37(52-32,21-44-24-40-23-41-44)30-14-5-25(38)19-31(30)39/h5-14,19,23-24,32H,4,15-18,20-22H2,1-3H3/t32-,37+/m0/s1. The Balaban J connectivity index is 0.931. The van der Waals surface area contributed by atoms with Crippen molar-refractivity contribution in [1.29, 1.82) is 0 Å². The molecule has 3 aliphatic rings. The lowest BCUT2D eigenvalue weighted by atomic mass is 9.87. The summed E-state index contributed by atoms with van der Waals surface area (Å²) in [5, 5.41) is 4.12. The van der Waals surface area contributed by atoms with E-state index in [4.69, 9.17) is 14.2 Å². The van der Waals surface area contributed by atoms with Crippen LogP contribution in [-0.2, 0) is 31.2 Å². The number of rotatable bonds is 10. The Morgan fingerprint density at radius 1 is 0.865 bits per heavy atom. The number of carbonyl (C=O) groups is 3. The number of barbiturate groups is 1. The number of benzene rings is 3. The molecule has 3 fully saturated rings. The molecule has 4 aromatic rings. The maximum Gasteiger partial charge on any atom is 0.338 e. The van der Waals surface area contributed by atoms with Crippen LogP contribution < -0.4 is 19.4 Å². The fraction of sp³-hybridized carbons (Fsp3) is 0.378. The van der Waals surface area contributed by atoms with Crippen LogP contribution in [0.4, 0.5) is 30.6 Å². The molecular formula is C37H39F2N7O6. The summed E-state index contributed by atoms with van der Waals surface area (Å²) in [5.41, 5.74) is 0.00401. The van der Waals surface area contributed by atoms with Crippen LogP contribution in [0.25, 0.3) is 0 Å². The molecular weight excluding hydrogens is 676 g/mol. The zero-order chi connectivity index (χ0) is 36.6. The van der Waals surface area contributed by atoms with Crippen LogP contribution in [0, 0.1) is 17.0 Å². The minimum Gasteiger partial charge on any atom is -0.488 e. The van der Waals surface area contributed by atoms with Crippen molar-refractivity contribution in [3.05, 3.63) is 96.6 Å². The quantitative estimate of drug-likeness (QED) is 0.216. The Morgan fingerprint density at radius 3 is 2.10 bits per heavy atom. The molecule has 7 rings (SSSR count). The van der Waals surface area contributed by atoms with Gasteiger partial charge in [0.15, 0.2) is 6.29 Å². The fourth-order valence-corrected chi connectivity index (χ4v) is 6.84. The number of imide groups is 2. The summed E-state index contributed by atoms with van der Waals surface area (Å²) in [5.74, 6) is -1.85. The number of ether oxygens (including phenoxy) is 3. The predicted molar refractivity (Wildman–Crippen MR) is 186 cm³/mol. The van der Waals surface area contributed by atoms with Gasteiger partial charge in [-0.15, -0.1) is 0 Å². The molecule has 0 unspecified atom stereocenters. The second kappa shape index (κ2) is 14.0. The predicted octanol–water partition coefficient (Wildman–Crippen LogP) is 4.57. The van der Waals surface area contributed by atoms with Gasteiger partial charge < -0.3 is 24.0 Å². The number of halogens is 2. The van der Waals surface area contributed by atoms with E-state index >= 15 is 0 Å². The van der Waals surface area contributed by atoms with Crippen molar-refractivity contribution in [3.63, 3.8) is 0 Å². The molecule has 4 heterocycles. The van der Waals surface area contributed by atoms with E-state index in [9.17, 15) is 23.2 Å². The normalized spacial score (nSPS) is 22.0. The van der Waals surface area contributed by atoms with Crippen LogP contribution in [0.5, 0.6) is 5.75 Å². The summed E-state index contributed by atoms with van der Waals surface area (Å²) in [7, 11) is 0. The molecule has 3 saturated heterocycles. The number of nitrogens with zero attached hydrogens (tertiary/aromatic N) is 7. The third-order valence-corrected chi connectivity index (χ3v) is 9.76. The number of piperazine rings is 1. The molecule has 3 aromatic carbocycles. The van der Waals surface area contributed by atoms with Gasteiger partial charge in [0.05, 0.1) is 18.8 Å². The monoisotopic (exact) mass is 715 g/mol. The Bertz CT molecular complexity index is 1930.